The molecule has 0 aliphatic carbocycles. The van der Waals surface area contributed by atoms with Gasteiger partial charge in [-0.1, -0.05) is 18.6 Å². The lowest BCUT2D eigenvalue weighted by molar-refractivity contribution is -0.117. The molecule has 0 spiro atoms. The third-order valence-electron chi connectivity index (χ3n) is 3.08. The highest BCUT2D eigenvalue weighted by Gasteiger charge is 1.98. The molecule has 0 bridgehead atoms. The van der Waals surface area contributed by atoms with Gasteiger partial charge < -0.3 is 20.7 Å². The fraction of sp³-hybridized carbons (Fsp3) is 0.500. The summed E-state index contributed by atoms with van der Waals surface area (Å²) in [6, 6.07) is 8.19. The standard InChI is InChI=1S/C16H25N3OS/c1-13(20)6-4-3-5-11-18-16(21)19-15-9-7-14(8-10-15)12-17-2/h7-10,17H,3-6,11-12H2,1-2H3,(H2,18,19,21). The number of thiocarbonyl (C=S) groups is 1. The molecule has 0 saturated carbocycles. The summed E-state index contributed by atoms with van der Waals surface area (Å²) in [7, 11) is 1.93. The van der Waals surface area contributed by atoms with Gasteiger partial charge in [0.2, 0.25) is 0 Å². The van der Waals surface area contributed by atoms with Crippen molar-refractivity contribution < 1.29 is 4.79 Å². The van der Waals surface area contributed by atoms with Crippen LogP contribution in [0.2, 0.25) is 0 Å². The average molecular weight is 307 g/mol. The maximum Gasteiger partial charge on any atom is 0.170 e. The van der Waals surface area contributed by atoms with Gasteiger partial charge in [0.15, 0.2) is 5.11 Å². The first-order valence-corrected chi connectivity index (χ1v) is 7.80. The molecule has 3 N–H and O–H groups in total. The zero-order valence-corrected chi connectivity index (χ0v) is 13.7. The van der Waals surface area contributed by atoms with Gasteiger partial charge in [-0.15, -0.1) is 0 Å². The maximum atomic E-state index is 10.8. The molecule has 0 radical (unpaired) electrons. The van der Waals surface area contributed by atoms with Gasteiger partial charge in [0.1, 0.15) is 5.78 Å². The summed E-state index contributed by atoms with van der Waals surface area (Å²) in [5.41, 5.74) is 2.23. The van der Waals surface area contributed by atoms with Crippen molar-refractivity contribution in [3.8, 4) is 0 Å². The number of ketones is 1. The second-order valence-electron chi connectivity index (χ2n) is 5.12. The highest BCUT2D eigenvalue weighted by molar-refractivity contribution is 7.80. The van der Waals surface area contributed by atoms with E-state index in [0.29, 0.717) is 11.5 Å². The third-order valence-corrected chi connectivity index (χ3v) is 3.33. The highest BCUT2D eigenvalue weighted by atomic mass is 32.1. The van der Waals surface area contributed by atoms with E-state index >= 15 is 0 Å². The first-order valence-electron chi connectivity index (χ1n) is 7.39. The summed E-state index contributed by atoms with van der Waals surface area (Å²) in [6.45, 7) is 3.34. The van der Waals surface area contributed by atoms with Gasteiger partial charge in [-0.05, 0) is 56.7 Å². The molecule has 0 saturated heterocycles. The predicted octanol–water partition coefficient (Wildman–Crippen LogP) is 2.84. The Balaban J connectivity index is 2.16. The Labute approximate surface area is 132 Å². The fourth-order valence-corrected chi connectivity index (χ4v) is 2.18. The number of hydrogen-bond acceptors (Lipinski definition) is 3. The van der Waals surface area contributed by atoms with E-state index in [1.807, 2.05) is 19.2 Å². The quantitative estimate of drug-likeness (QED) is 0.484. The van der Waals surface area contributed by atoms with E-state index in [4.69, 9.17) is 12.2 Å². The van der Waals surface area contributed by atoms with E-state index in [9.17, 15) is 4.79 Å². The zero-order chi connectivity index (χ0) is 15.5. The lowest BCUT2D eigenvalue weighted by Crippen LogP contribution is -2.29. The number of Topliss-reactive ketones (excluding diaryl/α,β-unsaturated/α-hetero) is 1. The van der Waals surface area contributed by atoms with E-state index in [0.717, 1.165) is 38.0 Å². The van der Waals surface area contributed by atoms with Crippen LogP contribution in [0, 0.1) is 0 Å². The van der Waals surface area contributed by atoms with Crippen molar-refractivity contribution in [3.05, 3.63) is 29.8 Å². The Morgan fingerprint density at radius 3 is 2.48 bits per heavy atom. The van der Waals surface area contributed by atoms with E-state index in [2.05, 4.69) is 28.1 Å². The van der Waals surface area contributed by atoms with Gasteiger partial charge in [-0.2, -0.15) is 0 Å². The van der Waals surface area contributed by atoms with Crippen LogP contribution in [-0.2, 0) is 11.3 Å². The Morgan fingerprint density at radius 2 is 1.86 bits per heavy atom. The molecule has 0 fully saturated rings. The molecule has 0 unspecified atom stereocenters. The normalized spacial score (nSPS) is 10.2. The lowest BCUT2D eigenvalue weighted by atomic mass is 10.1. The minimum absolute atomic E-state index is 0.266. The van der Waals surface area contributed by atoms with Gasteiger partial charge in [0.25, 0.3) is 0 Å². The van der Waals surface area contributed by atoms with Crippen LogP contribution in [0.15, 0.2) is 24.3 Å². The van der Waals surface area contributed by atoms with Gasteiger partial charge in [0.05, 0.1) is 0 Å². The molecule has 0 aliphatic rings. The molecule has 0 atom stereocenters. The first-order chi connectivity index (χ1) is 10.1. The van der Waals surface area contributed by atoms with Crippen LogP contribution in [0.3, 0.4) is 0 Å². The van der Waals surface area contributed by atoms with Crippen LogP contribution in [0.4, 0.5) is 5.69 Å². The Morgan fingerprint density at radius 1 is 1.14 bits per heavy atom. The zero-order valence-electron chi connectivity index (χ0n) is 12.9. The molecule has 21 heavy (non-hydrogen) atoms. The molecule has 5 heteroatoms. The van der Waals surface area contributed by atoms with Crippen LogP contribution in [0.5, 0.6) is 0 Å². The molecular formula is C16H25N3OS. The molecule has 4 nitrogen and oxygen atoms in total. The monoisotopic (exact) mass is 307 g/mol. The SMILES string of the molecule is CNCc1ccc(NC(=S)NCCCCCC(C)=O)cc1. The highest BCUT2D eigenvalue weighted by Crippen LogP contribution is 2.09. The van der Waals surface area contributed by atoms with Crippen molar-refractivity contribution in [2.24, 2.45) is 0 Å². The summed E-state index contributed by atoms with van der Waals surface area (Å²) in [5, 5.41) is 10.1. The number of unbranched alkanes of at least 4 members (excludes halogenated alkanes) is 2. The molecule has 0 aliphatic heterocycles. The number of anilines is 1. The minimum Gasteiger partial charge on any atom is -0.362 e. The third kappa shape index (κ3) is 8.42. The minimum atomic E-state index is 0.266. The Kier molecular flexibility index (Phi) is 8.62. The summed E-state index contributed by atoms with van der Waals surface area (Å²) >= 11 is 5.25. The Hall–Kier alpha value is -1.46. The van der Waals surface area contributed by atoms with Crippen molar-refractivity contribution in [1.29, 1.82) is 0 Å². The molecule has 1 aromatic carbocycles. The topological polar surface area (TPSA) is 53.2 Å². The molecule has 116 valence electrons. The van der Waals surface area contributed by atoms with Crippen molar-refractivity contribution in [2.75, 3.05) is 18.9 Å². The van der Waals surface area contributed by atoms with Crippen molar-refractivity contribution in [3.63, 3.8) is 0 Å². The van der Waals surface area contributed by atoms with Gasteiger partial charge in [-0.25, -0.2) is 0 Å². The largest absolute Gasteiger partial charge is 0.362 e. The van der Waals surface area contributed by atoms with Crippen molar-refractivity contribution >= 4 is 28.8 Å². The molecular weight excluding hydrogens is 282 g/mol. The maximum absolute atomic E-state index is 10.8. The van der Waals surface area contributed by atoms with Crippen molar-refractivity contribution in [1.82, 2.24) is 10.6 Å². The van der Waals surface area contributed by atoms with Gasteiger partial charge in [0, 0.05) is 25.2 Å². The van der Waals surface area contributed by atoms with Gasteiger partial charge >= 0.3 is 0 Å². The second kappa shape index (κ2) is 10.3. The van der Waals surface area contributed by atoms with Crippen LogP contribution in [0.25, 0.3) is 0 Å². The van der Waals surface area contributed by atoms with E-state index in [1.165, 1.54) is 5.56 Å². The molecule has 0 amide bonds. The summed E-state index contributed by atoms with van der Waals surface area (Å²) in [5.74, 6) is 0.266. The van der Waals surface area contributed by atoms with E-state index in [-0.39, 0.29) is 5.78 Å². The average Bonchev–Trinajstić information content (AvgIpc) is 2.45. The number of carbonyl (C=O) groups excluding carboxylic acids is 1. The number of hydrogen-bond donors (Lipinski definition) is 3. The van der Waals surface area contributed by atoms with E-state index in [1.54, 1.807) is 6.92 Å². The molecule has 0 heterocycles. The first kappa shape index (κ1) is 17.6. The van der Waals surface area contributed by atoms with Gasteiger partial charge in [-0.3, -0.25) is 0 Å². The van der Waals surface area contributed by atoms with Crippen LogP contribution >= 0.6 is 12.2 Å². The smallest absolute Gasteiger partial charge is 0.170 e. The molecule has 1 aromatic rings. The number of benzene rings is 1. The molecule has 0 aromatic heterocycles. The number of rotatable bonds is 9. The van der Waals surface area contributed by atoms with Crippen LogP contribution in [0.1, 0.15) is 38.2 Å². The Bertz CT molecular complexity index is 445. The van der Waals surface area contributed by atoms with Crippen LogP contribution < -0.4 is 16.0 Å². The summed E-state index contributed by atoms with van der Waals surface area (Å²) in [6.07, 6.45) is 3.72. The lowest BCUT2D eigenvalue weighted by Gasteiger charge is -2.11. The summed E-state index contributed by atoms with van der Waals surface area (Å²) in [4.78, 5) is 10.8. The van der Waals surface area contributed by atoms with Crippen LogP contribution in [-0.4, -0.2) is 24.5 Å². The van der Waals surface area contributed by atoms with E-state index < -0.39 is 0 Å². The predicted molar refractivity (Wildman–Crippen MR) is 92.6 cm³/mol. The van der Waals surface area contributed by atoms with Crippen molar-refractivity contribution in [2.45, 2.75) is 39.2 Å². The molecule has 1 rings (SSSR count). The fourth-order valence-electron chi connectivity index (χ4n) is 1.96. The number of carbonyl (C=O) groups is 1. The number of nitrogens with one attached hydrogen (secondary N) is 3. The summed E-state index contributed by atoms with van der Waals surface area (Å²) < 4.78 is 0. The second-order valence-corrected chi connectivity index (χ2v) is 5.53.